The maximum absolute atomic E-state index is 10.6. The zero-order chi connectivity index (χ0) is 8.85. The third-order valence-electron chi connectivity index (χ3n) is 1.91. The molecule has 0 radical (unpaired) electrons. The van der Waals surface area contributed by atoms with Crippen molar-refractivity contribution in [1.29, 1.82) is 0 Å². The minimum Gasteiger partial charge on any atom is -0.366 e. The van der Waals surface area contributed by atoms with E-state index in [1.807, 2.05) is 6.08 Å². The summed E-state index contributed by atoms with van der Waals surface area (Å²) in [6.45, 7) is 6.05. The number of amides is 1. The Morgan fingerprint density at radius 3 is 2.55 bits per heavy atom. The Kier molecular flexibility index (Phi) is 4.59. The molecule has 0 heterocycles. The summed E-state index contributed by atoms with van der Waals surface area (Å²) < 4.78 is 0. The third kappa shape index (κ3) is 4.59. The van der Waals surface area contributed by atoms with Gasteiger partial charge in [0.05, 0.1) is 0 Å². The molecule has 1 atom stereocenters. The molecule has 0 aromatic heterocycles. The summed E-state index contributed by atoms with van der Waals surface area (Å²) in [4.78, 5) is 10.6. The van der Waals surface area contributed by atoms with Crippen LogP contribution in [0.2, 0.25) is 0 Å². The first kappa shape index (κ1) is 10.2. The zero-order valence-electron chi connectivity index (χ0n) is 7.55. The molecule has 64 valence electrons. The van der Waals surface area contributed by atoms with Gasteiger partial charge >= 0.3 is 0 Å². The Hall–Kier alpha value is -0.790. The van der Waals surface area contributed by atoms with Crippen LogP contribution < -0.4 is 5.73 Å². The number of hydrogen-bond donors (Lipinski definition) is 1. The minimum atomic E-state index is -0.312. The molecule has 0 bridgehead atoms. The largest absolute Gasteiger partial charge is 0.366 e. The van der Waals surface area contributed by atoms with Crippen LogP contribution in [-0.2, 0) is 4.79 Å². The number of rotatable bonds is 4. The summed E-state index contributed by atoms with van der Waals surface area (Å²) in [6, 6.07) is 0. The van der Waals surface area contributed by atoms with Crippen LogP contribution in [0.15, 0.2) is 11.6 Å². The van der Waals surface area contributed by atoms with Crippen molar-refractivity contribution in [3.8, 4) is 0 Å². The van der Waals surface area contributed by atoms with Gasteiger partial charge in [-0.3, -0.25) is 4.79 Å². The smallest absolute Gasteiger partial charge is 0.244 e. The highest BCUT2D eigenvalue weighted by Gasteiger charge is 1.98. The number of carbonyl (C=O) groups excluding carboxylic acids is 1. The van der Waals surface area contributed by atoms with Gasteiger partial charge in [-0.1, -0.05) is 26.3 Å². The van der Waals surface area contributed by atoms with Gasteiger partial charge in [0.1, 0.15) is 0 Å². The van der Waals surface area contributed by atoms with Crippen LogP contribution in [0.5, 0.6) is 0 Å². The van der Waals surface area contributed by atoms with Crippen LogP contribution >= 0.6 is 0 Å². The molecule has 0 saturated heterocycles. The summed E-state index contributed by atoms with van der Waals surface area (Å²) in [5.41, 5.74) is 5.73. The van der Waals surface area contributed by atoms with E-state index in [1.165, 1.54) is 0 Å². The lowest BCUT2D eigenvalue weighted by Crippen LogP contribution is -2.11. The molecule has 0 aliphatic heterocycles. The SMILES string of the molecule is CCC(C)C/C=C(\C)C(N)=O. The first-order valence-electron chi connectivity index (χ1n) is 4.04. The molecule has 0 aliphatic carbocycles. The molecule has 2 heteroatoms. The van der Waals surface area contributed by atoms with Gasteiger partial charge in [0.15, 0.2) is 0 Å². The summed E-state index contributed by atoms with van der Waals surface area (Å²) in [7, 11) is 0. The van der Waals surface area contributed by atoms with E-state index in [9.17, 15) is 4.79 Å². The van der Waals surface area contributed by atoms with Crippen molar-refractivity contribution >= 4 is 5.91 Å². The van der Waals surface area contributed by atoms with Gasteiger partial charge in [0.25, 0.3) is 0 Å². The molecule has 11 heavy (non-hydrogen) atoms. The molecule has 2 nitrogen and oxygen atoms in total. The number of carbonyl (C=O) groups is 1. The van der Waals surface area contributed by atoms with Gasteiger partial charge in [-0.25, -0.2) is 0 Å². The lowest BCUT2D eigenvalue weighted by atomic mass is 10.0. The van der Waals surface area contributed by atoms with Crippen molar-refractivity contribution in [2.45, 2.75) is 33.6 Å². The van der Waals surface area contributed by atoms with Gasteiger partial charge in [0.2, 0.25) is 5.91 Å². The molecule has 0 aromatic rings. The van der Waals surface area contributed by atoms with Crippen LogP contribution in [0, 0.1) is 5.92 Å². The highest BCUT2D eigenvalue weighted by atomic mass is 16.1. The fraction of sp³-hybridized carbons (Fsp3) is 0.667. The molecule has 0 saturated carbocycles. The normalized spacial score (nSPS) is 14.6. The second-order valence-electron chi connectivity index (χ2n) is 3.00. The van der Waals surface area contributed by atoms with E-state index in [0.717, 1.165) is 12.8 Å². The van der Waals surface area contributed by atoms with Crippen molar-refractivity contribution in [2.75, 3.05) is 0 Å². The average Bonchev–Trinajstić information content (AvgIpc) is 1.99. The molecule has 0 aliphatic rings. The Labute approximate surface area is 68.5 Å². The Morgan fingerprint density at radius 1 is 1.64 bits per heavy atom. The van der Waals surface area contributed by atoms with Crippen molar-refractivity contribution < 1.29 is 4.79 Å². The van der Waals surface area contributed by atoms with E-state index in [4.69, 9.17) is 5.73 Å². The molecule has 0 rings (SSSR count). The van der Waals surface area contributed by atoms with E-state index in [-0.39, 0.29) is 5.91 Å². The van der Waals surface area contributed by atoms with Gasteiger partial charge in [-0.2, -0.15) is 0 Å². The third-order valence-corrected chi connectivity index (χ3v) is 1.91. The minimum absolute atomic E-state index is 0.312. The summed E-state index contributed by atoms with van der Waals surface area (Å²) in [6.07, 6.45) is 4.00. The van der Waals surface area contributed by atoms with Crippen molar-refractivity contribution in [3.63, 3.8) is 0 Å². The second-order valence-corrected chi connectivity index (χ2v) is 3.00. The number of allylic oxidation sites excluding steroid dienone is 1. The van der Waals surface area contributed by atoms with E-state index in [1.54, 1.807) is 6.92 Å². The van der Waals surface area contributed by atoms with E-state index < -0.39 is 0 Å². The molecular formula is C9H17NO. The predicted molar refractivity (Wildman–Crippen MR) is 47.0 cm³/mol. The van der Waals surface area contributed by atoms with E-state index in [2.05, 4.69) is 13.8 Å². The first-order chi connectivity index (χ1) is 5.07. The van der Waals surface area contributed by atoms with Crippen LogP contribution in [0.3, 0.4) is 0 Å². The van der Waals surface area contributed by atoms with Crippen molar-refractivity contribution in [2.24, 2.45) is 11.7 Å². The number of hydrogen-bond acceptors (Lipinski definition) is 1. The second kappa shape index (κ2) is 4.94. The fourth-order valence-corrected chi connectivity index (χ4v) is 0.645. The highest BCUT2D eigenvalue weighted by Crippen LogP contribution is 2.08. The Bertz CT molecular complexity index is 161. The quantitative estimate of drug-likeness (QED) is 0.618. The highest BCUT2D eigenvalue weighted by molar-refractivity contribution is 5.91. The lowest BCUT2D eigenvalue weighted by molar-refractivity contribution is -0.114. The molecule has 1 unspecified atom stereocenters. The zero-order valence-corrected chi connectivity index (χ0v) is 7.55. The summed E-state index contributed by atoms with van der Waals surface area (Å²) in [5.74, 6) is 0.331. The summed E-state index contributed by atoms with van der Waals surface area (Å²) in [5, 5.41) is 0. The van der Waals surface area contributed by atoms with Gasteiger partial charge in [-0.05, 0) is 19.3 Å². The molecule has 2 N–H and O–H groups in total. The molecular weight excluding hydrogens is 138 g/mol. The van der Waals surface area contributed by atoms with Gasteiger partial charge < -0.3 is 5.73 Å². The topological polar surface area (TPSA) is 43.1 Å². The molecule has 0 spiro atoms. The Balaban J connectivity index is 3.82. The molecule has 0 fully saturated rings. The van der Waals surface area contributed by atoms with Crippen molar-refractivity contribution in [1.82, 2.24) is 0 Å². The van der Waals surface area contributed by atoms with Crippen molar-refractivity contribution in [3.05, 3.63) is 11.6 Å². The number of nitrogens with two attached hydrogens (primary N) is 1. The van der Waals surface area contributed by atoms with Crippen LogP contribution in [0.25, 0.3) is 0 Å². The molecule has 0 aromatic carbocycles. The number of primary amides is 1. The average molecular weight is 155 g/mol. The fourth-order valence-electron chi connectivity index (χ4n) is 0.645. The van der Waals surface area contributed by atoms with Crippen LogP contribution in [-0.4, -0.2) is 5.91 Å². The molecule has 1 amide bonds. The van der Waals surface area contributed by atoms with E-state index in [0.29, 0.717) is 11.5 Å². The van der Waals surface area contributed by atoms with Gasteiger partial charge in [-0.15, -0.1) is 0 Å². The lowest BCUT2D eigenvalue weighted by Gasteiger charge is -2.03. The van der Waals surface area contributed by atoms with Crippen LogP contribution in [0.1, 0.15) is 33.6 Å². The first-order valence-corrected chi connectivity index (χ1v) is 4.04. The predicted octanol–water partition coefficient (Wildman–Crippen LogP) is 1.85. The summed E-state index contributed by atoms with van der Waals surface area (Å²) >= 11 is 0. The standard InChI is InChI=1S/C9H17NO/c1-4-7(2)5-6-8(3)9(10)11/h6-7H,4-5H2,1-3H3,(H2,10,11)/b8-6+. The van der Waals surface area contributed by atoms with Crippen LogP contribution in [0.4, 0.5) is 0 Å². The monoisotopic (exact) mass is 155 g/mol. The Morgan fingerprint density at radius 2 is 2.18 bits per heavy atom. The van der Waals surface area contributed by atoms with Gasteiger partial charge in [0, 0.05) is 5.57 Å². The van der Waals surface area contributed by atoms with E-state index >= 15 is 0 Å². The maximum Gasteiger partial charge on any atom is 0.244 e. The maximum atomic E-state index is 10.6.